The Labute approximate surface area is 133 Å². The van der Waals surface area contributed by atoms with Gasteiger partial charge in [-0.1, -0.05) is 11.6 Å². The minimum Gasteiger partial charge on any atom is -0.349 e. The molecule has 1 N–H and O–H groups in total. The van der Waals surface area contributed by atoms with E-state index >= 15 is 0 Å². The summed E-state index contributed by atoms with van der Waals surface area (Å²) >= 11 is 5.85. The van der Waals surface area contributed by atoms with Crippen LogP contribution in [0.2, 0.25) is 5.02 Å². The molecule has 0 atom stereocenters. The van der Waals surface area contributed by atoms with Crippen molar-refractivity contribution in [2.24, 2.45) is 0 Å². The minimum absolute atomic E-state index is 0.0268. The lowest BCUT2D eigenvalue weighted by atomic mass is 10.2. The molecule has 0 aliphatic heterocycles. The maximum atomic E-state index is 11.9. The Morgan fingerprint density at radius 1 is 1.41 bits per heavy atom. The van der Waals surface area contributed by atoms with Crippen LogP contribution in [0.5, 0.6) is 0 Å². The van der Waals surface area contributed by atoms with Gasteiger partial charge in [0, 0.05) is 22.8 Å². The number of benzene rings is 1. The summed E-state index contributed by atoms with van der Waals surface area (Å²) in [5.41, 5.74) is 1.56. The standard InChI is InChI=1S/C16H15ClN4O/c1-11(2)20-16(22)13(8-18)7-12-9-19-21(10-12)15-5-3-14(17)4-6-15/h3-7,9-11H,1-2H3,(H,20,22). The second kappa shape index (κ2) is 6.92. The van der Waals surface area contributed by atoms with Gasteiger partial charge in [0.05, 0.1) is 11.9 Å². The molecule has 0 spiro atoms. The van der Waals surface area contributed by atoms with Crippen LogP contribution in [0, 0.1) is 11.3 Å². The number of nitrogens with zero attached hydrogens (tertiary/aromatic N) is 3. The van der Waals surface area contributed by atoms with Crippen molar-refractivity contribution >= 4 is 23.6 Å². The van der Waals surface area contributed by atoms with Gasteiger partial charge in [0.2, 0.25) is 0 Å². The van der Waals surface area contributed by atoms with E-state index in [1.54, 1.807) is 29.2 Å². The zero-order valence-corrected chi connectivity index (χ0v) is 13.0. The summed E-state index contributed by atoms with van der Waals surface area (Å²) in [4.78, 5) is 11.9. The largest absolute Gasteiger partial charge is 0.349 e. The van der Waals surface area contributed by atoms with Crippen LogP contribution in [0.15, 0.2) is 42.2 Å². The highest BCUT2D eigenvalue weighted by atomic mass is 35.5. The van der Waals surface area contributed by atoms with Crippen molar-refractivity contribution in [3.8, 4) is 11.8 Å². The van der Waals surface area contributed by atoms with Crippen LogP contribution in [0.25, 0.3) is 11.8 Å². The number of nitriles is 1. The molecular weight excluding hydrogens is 300 g/mol. The van der Waals surface area contributed by atoms with Crippen LogP contribution in [0.3, 0.4) is 0 Å². The number of amides is 1. The molecule has 1 aromatic heterocycles. The molecule has 2 aromatic rings. The van der Waals surface area contributed by atoms with Gasteiger partial charge in [-0.15, -0.1) is 0 Å². The number of rotatable bonds is 4. The molecular formula is C16H15ClN4O. The van der Waals surface area contributed by atoms with Gasteiger partial charge in [0.1, 0.15) is 11.6 Å². The third-order valence-corrected chi connectivity index (χ3v) is 3.04. The molecule has 22 heavy (non-hydrogen) atoms. The lowest BCUT2D eigenvalue weighted by molar-refractivity contribution is -0.117. The van der Waals surface area contributed by atoms with Crippen molar-refractivity contribution in [3.63, 3.8) is 0 Å². The van der Waals surface area contributed by atoms with E-state index in [4.69, 9.17) is 16.9 Å². The predicted octanol–water partition coefficient (Wildman–Crippen LogP) is 2.96. The highest BCUT2D eigenvalue weighted by Crippen LogP contribution is 2.14. The number of nitrogens with one attached hydrogen (secondary N) is 1. The minimum atomic E-state index is -0.392. The lowest BCUT2D eigenvalue weighted by Crippen LogP contribution is -2.30. The quantitative estimate of drug-likeness (QED) is 0.696. The number of halogens is 1. The van der Waals surface area contributed by atoms with Crippen LogP contribution in [-0.2, 0) is 4.79 Å². The van der Waals surface area contributed by atoms with E-state index in [9.17, 15) is 4.79 Å². The van der Waals surface area contributed by atoms with Gasteiger partial charge < -0.3 is 5.32 Å². The molecule has 0 aliphatic rings. The van der Waals surface area contributed by atoms with Gasteiger partial charge in [-0.2, -0.15) is 10.4 Å². The van der Waals surface area contributed by atoms with E-state index < -0.39 is 5.91 Å². The van der Waals surface area contributed by atoms with Gasteiger partial charge in [-0.05, 0) is 44.2 Å². The first kappa shape index (κ1) is 15.8. The summed E-state index contributed by atoms with van der Waals surface area (Å²) in [5, 5.41) is 16.6. The molecule has 1 aromatic carbocycles. The van der Waals surface area contributed by atoms with Crippen molar-refractivity contribution in [2.75, 3.05) is 0 Å². The molecule has 2 rings (SSSR count). The van der Waals surface area contributed by atoms with Gasteiger partial charge in [-0.3, -0.25) is 4.79 Å². The first-order valence-electron chi connectivity index (χ1n) is 6.73. The maximum absolute atomic E-state index is 11.9. The second-order valence-electron chi connectivity index (χ2n) is 4.99. The second-order valence-corrected chi connectivity index (χ2v) is 5.43. The Morgan fingerprint density at radius 2 is 2.09 bits per heavy atom. The topological polar surface area (TPSA) is 70.7 Å². The van der Waals surface area contributed by atoms with Crippen LogP contribution in [-0.4, -0.2) is 21.7 Å². The fourth-order valence-electron chi connectivity index (χ4n) is 1.80. The highest BCUT2D eigenvalue weighted by molar-refractivity contribution is 6.30. The molecule has 0 unspecified atom stereocenters. The fourth-order valence-corrected chi connectivity index (χ4v) is 1.93. The average molecular weight is 315 g/mol. The zero-order valence-electron chi connectivity index (χ0n) is 12.2. The molecule has 5 nitrogen and oxygen atoms in total. The molecule has 6 heteroatoms. The molecule has 0 saturated carbocycles. The molecule has 0 radical (unpaired) electrons. The molecule has 1 heterocycles. The van der Waals surface area contributed by atoms with E-state index in [0.717, 1.165) is 5.69 Å². The van der Waals surface area contributed by atoms with Crippen LogP contribution in [0.1, 0.15) is 19.4 Å². The number of carbonyl (C=O) groups is 1. The average Bonchev–Trinajstić information content (AvgIpc) is 2.93. The number of carbonyl (C=O) groups excluding carboxylic acids is 1. The van der Waals surface area contributed by atoms with Crippen molar-refractivity contribution in [1.29, 1.82) is 5.26 Å². The van der Waals surface area contributed by atoms with E-state index in [0.29, 0.717) is 10.6 Å². The molecule has 0 fully saturated rings. The van der Waals surface area contributed by atoms with E-state index in [-0.39, 0.29) is 11.6 Å². The Balaban J connectivity index is 2.23. The SMILES string of the molecule is CC(C)NC(=O)C(C#N)=Cc1cnn(-c2ccc(Cl)cc2)c1. The van der Waals surface area contributed by atoms with E-state index in [2.05, 4.69) is 10.4 Å². The fraction of sp³-hybridized carbons (Fsp3) is 0.188. The van der Waals surface area contributed by atoms with E-state index in [1.807, 2.05) is 32.0 Å². The maximum Gasteiger partial charge on any atom is 0.262 e. The lowest BCUT2D eigenvalue weighted by Gasteiger charge is -2.06. The molecule has 112 valence electrons. The monoisotopic (exact) mass is 314 g/mol. The predicted molar refractivity (Wildman–Crippen MR) is 85.4 cm³/mol. The summed E-state index contributed by atoms with van der Waals surface area (Å²) in [6.45, 7) is 3.68. The Bertz CT molecular complexity index is 738. The Morgan fingerprint density at radius 3 is 2.68 bits per heavy atom. The molecule has 0 aliphatic carbocycles. The van der Waals surface area contributed by atoms with E-state index in [1.165, 1.54) is 6.08 Å². The summed E-state index contributed by atoms with van der Waals surface area (Å²) in [6, 6.07) is 9.08. The highest BCUT2D eigenvalue weighted by Gasteiger charge is 2.10. The number of hydrogen-bond acceptors (Lipinski definition) is 3. The van der Waals surface area contributed by atoms with Crippen molar-refractivity contribution in [2.45, 2.75) is 19.9 Å². The molecule has 0 bridgehead atoms. The molecule has 1 amide bonds. The van der Waals surface area contributed by atoms with Crippen molar-refractivity contribution < 1.29 is 4.79 Å². The Hall–Kier alpha value is -2.58. The summed E-state index contributed by atoms with van der Waals surface area (Å²) in [5.74, 6) is -0.392. The van der Waals surface area contributed by atoms with Crippen LogP contribution >= 0.6 is 11.6 Å². The summed E-state index contributed by atoms with van der Waals surface area (Å²) < 4.78 is 1.65. The smallest absolute Gasteiger partial charge is 0.262 e. The first-order chi connectivity index (χ1) is 10.5. The Kier molecular flexibility index (Phi) is 4.97. The molecule has 0 saturated heterocycles. The third-order valence-electron chi connectivity index (χ3n) is 2.79. The van der Waals surface area contributed by atoms with Gasteiger partial charge >= 0.3 is 0 Å². The zero-order chi connectivity index (χ0) is 16.1. The first-order valence-corrected chi connectivity index (χ1v) is 7.10. The summed E-state index contributed by atoms with van der Waals surface area (Å²) in [6.07, 6.45) is 4.84. The third kappa shape index (κ3) is 3.96. The number of hydrogen-bond donors (Lipinski definition) is 1. The number of aromatic nitrogens is 2. The van der Waals surface area contributed by atoms with Crippen LogP contribution in [0.4, 0.5) is 0 Å². The summed E-state index contributed by atoms with van der Waals surface area (Å²) in [7, 11) is 0. The normalized spacial score (nSPS) is 11.3. The van der Waals surface area contributed by atoms with Gasteiger partial charge in [0.25, 0.3) is 5.91 Å². The van der Waals surface area contributed by atoms with Crippen molar-refractivity contribution in [1.82, 2.24) is 15.1 Å². The van der Waals surface area contributed by atoms with Gasteiger partial charge in [-0.25, -0.2) is 4.68 Å². The van der Waals surface area contributed by atoms with Crippen LogP contribution < -0.4 is 5.32 Å². The van der Waals surface area contributed by atoms with Gasteiger partial charge in [0.15, 0.2) is 0 Å². The van der Waals surface area contributed by atoms with Crippen molar-refractivity contribution in [3.05, 3.63) is 52.8 Å².